The minimum absolute atomic E-state index is 0.0218. The molecule has 11 heteroatoms. The van der Waals surface area contributed by atoms with Crippen molar-refractivity contribution in [3.63, 3.8) is 0 Å². The minimum atomic E-state index is -0.557. The van der Waals surface area contributed by atoms with Crippen LogP contribution >= 0.6 is 23.2 Å². The maximum absolute atomic E-state index is 12.3. The molecule has 1 aromatic carbocycles. The summed E-state index contributed by atoms with van der Waals surface area (Å²) < 4.78 is 7.00. The van der Waals surface area contributed by atoms with Gasteiger partial charge in [-0.2, -0.15) is 10.5 Å². The Morgan fingerprint density at radius 1 is 1.37 bits per heavy atom. The van der Waals surface area contributed by atoms with Gasteiger partial charge in [-0.3, -0.25) is 9.59 Å². The first-order chi connectivity index (χ1) is 14.1. The Bertz CT molecular complexity index is 1140. The molecule has 0 radical (unpaired) electrons. The number of nitrogens with zero attached hydrogens (tertiary/aromatic N) is 3. The standard InChI is InChI=1S/C19H19Cl2N5O4/c1-8(2)11-6-14(24-26(5)19(11)28)29-16-12(20)7-13(9(3)15(16)21)23-18(27)17-22-10(4)30-25-17/h6-8H,4H2,1-3,5H3,(H,22,25)(H,23,27). The summed E-state index contributed by atoms with van der Waals surface area (Å²) in [4.78, 5) is 33.1. The summed E-state index contributed by atoms with van der Waals surface area (Å²) in [5, 5.41) is 7.07. The Labute approximate surface area is 182 Å². The summed E-state index contributed by atoms with van der Waals surface area (Å²) in [7, 11) is 1.53. The van der Waals surface area contributed by atoms with Crippen LogP contribution in [0.1, 0.15) is 30.9 Å². The van der Waals surface area contributed by atoms with Crippen LogP contribution in [0.3, 0.4) is 0 Å². The number of nitrogens with one attached hydrogen (secondary N) is 2. The molecular formula is C19H19Cl2N5O4. The number of aliphatic imine (C=N–C) groups is 1. The van der Waals surface area contributed by atoms with Crippen molar-refractivity contribution in [2.45, 2.75) is 26.7 Å². The number of ether oxygens (including phenoxy) is 1. The third kappa shape index (κ3) is 4.27. The monoisotopic (exact) mass is 451 g/mol. The van der Waals surface area contributed by atoms with E-state index >= 15 is 0 Å². The summed E-state index contributed by atoms with van der Waals surface area (Å²) in [6.45, 7) is 8.96. The van der Waals surface area contributed by atoms with E-state index in [9.17, 15) is 9.59 Å². The second-order valence-corrected chi connectivity index (χ2v) is 7.60. The molecule has 0 aliphatic carbocycles. The van der Waals surface area contributed by atoms with Gasteiger partial charge >= 0.3 is 0 Å². The van der Waals surface area contributed by atoms with Crippen molar-refractivity contribution in [1.29, 1.82) is 0 Å². The van der Waals surface area contributed by atoms with Crippen LogP contribution in [0.15, 0.2) is 34.4 Å². The molecule has 2 aromatic rings. The first kappa shape index (κ1) is 21.7. The number of hydrogen-bond acceptors (Lipinski definition) is 7. The highest BCUT2D eigenvalue weighted by molar-refractivity contribution is 6.43. The van der Waals surface area contributed by atoms with Gasteiger partial charge in [-0.15, -0.1) is 5.10 Å². The van der Waals surface area contributed by atoms with Crippen LogP contribution in [0.2, 0.25) is 10.0 Å². The zero-order valence-corrected chi connectivity index (χ0v) is 18.2. The lowest BCUT2D eigenvalue weighted by molar-refractivity contribution is -0.110. The Morgan fingerprint density at radius 3 is 2.67 bits per heavy atom. The van der Waals surface area contributed by atoms with Gasteiger partial charge in [-0.25, -0.2) is 4.68 Å². The smallest absolute Gasteiger partial charge is 0.294 e. The fourth-order valence-electron chi connectivity index (χ4n) is 2.65. The summed E-state index contributed by atoms with van der Waals surface area (Å²) in [5.41, 5.74) is 3.56. The number of rotatable bonds is 5. The maximum atomic E-state index is 12.3. The van der Waals surface area contributed by atoms with Crippen molar-refractivity contribution in [3.05, 3.63) is 56.1 Å². The van der Waals surface area contributed by atoms with E-state index in [1.165, 1.54) is 17.8 Å². The van der Waals surface area contributed by atoms with E-state index in [1.807, 2.05) is 13.8 Å². The van der Waals surface area contributed by atoms with E-state index in [1.54, 1.807) is 13.0 Å². The van der Waals surface area contributed by atoms with E-state index in [0.717, 1.165) is 0 Å². The van der Waals surface area contributed by atoms with Gasteiger partial charge in [0, 0.05) is 24.4 Å². The molecule has 2 N–H and O–H groups in total. The van der Waals surface area contributed by atoms with Crippen LogP contribution in [0.25, 0.3) is 0 Å². The molecule has 0 fully saturated rings. The zero-order chi connectivity index (χ0) is 22.2. The predicted octanol–water partition coefficient (Wildman–Crippen LogP) is 3.65. The van der Waals surface area contributed by atoms with Crippen LogP contribution < -0.4 is 21.1 Å². The van der Waals surface area contributed by atoms with Crippen LogP contribution in [0, 0.1) is 6.92 Å². The van der Waals surface area contributed by atoms with Gasteiger partial charge in [0.2, 0.25) is 17.6 Å². The number of anilines is 1. The number of hydroxylamine groups is 1. The summed E-state index contributed by atoms with van der Waals surface area (Å²) in [5.74, 6) is -0.237. The molecule has 9 nitrogen and oxygen atoms in total. The van der Waals surface area contributed by atoms with Crippen molar-refractivity contribution in [1.82, 2.24) is 15.3 Å². The average molecular weight is 452 g/mol. The molecule has 1 aromatic heterocycles. The average Bonchev–Trinajstić information content (AvgIpc) is 3.12. The van der Waals surface area contributed by atoms with Gasteiger partial charge in [0.15, 0.2) is 5.75 Å². The van der Waals surface area contributed by atoms with Crippen LogP contribution in [0.4, 0.5) is 5.69 Å². The number of aromatic nitrogens is 2. The van der Waals surface area contributed by atoms with E-state index in [-0.39, 0.29) is 44.9 Å². The second kappa shape index (κ2) is 8.37. The first-order valence-electron chi connectivity index (χ1n) is 8.85. The van der Waals surface area contributed by atoms with Crippen molar-refractivity contribution in [2.75, 3.05) is 5.32 Å². The highest BCUT2D eigenvalue weighted by Gasteiger charge is 2.22. The van der Waals surface area contributed by atoms with Crippen LogP contribution in [0.5, 0.6) is 11.6 Å². The van der Waals surface area contributed by atoms with Crippen molar-refractivity contribution in [3.8, 4) is 11.6 Å². The number of hydrogen-bond donors (Lipinski definition) is 2. The van der Waals surface area contributed by atoms with Gasteiger partial charge < -0.3 is 14.9 Å². The first-order valence-corrected chi connectivity index (χ1v) is 9.60. The molecule has 0 unspecified atom stereocenters. The van der Waals surface area contributed by atoms with Gasteiger partial charge in [0.1, 0.15) is 0 Å². The molecule has 0 spiro atoms. The van der Waals surface area contributed by atoms with Gasteiger partial charge in [0.05, 0.1) is 10.0 Å². The Hall–Kier alpha value is -3.04. The topological polar surface area (TPSA) is 107 Å². The molecule has 0 atom stereocenters. The number of aryl methyl sites for hydroxylation is 1. The van der Waals surface area contributed by atoms with Gasteiger partial charge in [0.25, 0.3) is 11.5 Å². The Kier molecular flexibility index (Phi) is 6.04. The van der Waals surface area contributed by atoms with Gasteiger partial charge in [-0.05, 0) is 31.1 Å². The van der Waals surface area contributed by atoms with E-state index in [2.05, 4.69) is 27.5 Å². The number of halogens is 2. The molecule has 158 valence electrons. The lowest BCUT2D eigenvalue weighted by Gasteiger charge is -2.16. The number of carbonyl (C=O) groups excluding carboxylic acids is 1. The molecule has 0 saturated carbocycles. The molecule has 30 heavy (non-hydrogen) atoms. The maximum Gasteiger partial charge on any atom is 0.294 e. The third-order valence-corrected chi connectivity index (χ3v) is 5.02. The second-order valence-electron chi connectivity index (χ2n) is 6.81. The van der Waals surface area contributed by atoms with E-state index < -0.39 is 5.91 Å². The largest absolute Gasteiger partial charge is 0.434 e. The van der Waals surface area contributed by atoms with Crippen molar-refractivity contribution < 1.29 is 14.4 Å². The predicted molar refractivity (Wildman–Crippen MR) is 114 cm³/mol. The molecule has 2 heterocycles. The molecule has 0 bridgehead atoms. The highest BCUT2D eigenvalue weighted by atomic mass is 35.5. The molecule has 1 amide bonds. The molecule has 1 aliphatic heterocycles. The van der Waals surface area contributed by atoms with Crippen molar-refractivity contribution in [2.24, 2.45) is 12.0 Å². The zero-order valence-electron chi connectivity index (χ0n) is 16.7. The number of amidine groups is 1. The SMILES string of the molecule is C=C1N=C(C(=O)Nc2cc(Cl)c(Oc3cc(C(C)C)c(=O)n(C)n3)c(Cl)c2C)NO1. The highest BCUT2D eigenvalue weighted by Crippen LogP contribution is 2.41. The molecular weight excluding hydrogens is 433 g/mol. The fraction of sp³-hybridized carbons (Fsp3) is 0.263. The quantitative estimate of drug-likeness (QED) is 0.717. The van der Waals surface area contributed by atoms with E-state index in [0.29, 0.717) is 16.8 Å². The van der Waals surface area contributed by atoms with E-state index in [4.69, 9.17) is 32.8 Å². The Morgan fingerprint density at radius 2 is 2.07 bits per heavy atom. The van der Waals surface area contributed by atoms with Crippen LogP contribution in [-0.2, 0) is 16.7 Å². The summed E-state index contributed by atoms with van der Waals surface area (Å²) >= 11 is 12.8. The van der Waals surface area contributed by atoms with Crippen molar-refractivity contribution >= 4 is 40.6 Å². The normalized spacial score (nSPS) is 13.0. The fourth-order valence-corrected chi connectivity index (χ4v) is 3.18. The third-order valence-electron chi connectivity index (χ3n) is 4.28. The van der Waals surface area contributed by atoms with Crippen LogP contribution in [-0.4, -0.2) is 21.5 Å². The number of carbonyl (C=O) groups is 1. The number of benzene rings is 1. The molecule has 0 saturated heterocycles. The lowest BCUT2D eigenvalue weighted by Crippen LogP contribution is -2.31. The minimum Gasteiger partial charge on any atom is -0.434 e. The molecule has 3 rings (SSSR count). The summed E-state index contributed by atoms with van der Waals surface area (Å²) in [6, 6.07) is 3.05. The summed E-state index contributed by atoms with van der Waals surface area (Å²) in [6.07, 6.45) is 0. The van der Waals surface area contributed by atoms with Gasteiger partial charge in [-0.1, -0.05) is 37.0 Å². The number of amides is 1. The Balaban J connectivity index is 1.92. The molecule has 1 aliphatic rings. The lowest BCUT2D eigenvalue weighted by atomic mass is 10.1.